The minimum Gasteiger partial charge on any atom is -0.370 e. The first-order valence-corrected chi connectivity index (χ1v) is 7.83. The van der Waals surface area contributed by atoms with E-state index in [1.165, 1.54) is 5.56 Å². The maximum absolute atomic E-state index is 4.54. The molecule has 0 fully saturated rings. The third-order valence-corrected chi connectivity index (χ3v) is 3.87. The van der Waals surface area contributed by atoms with Crippen LogP contribution in [0.3, 0.4) is 0 Å². The standard InChI is InChI=1S/C16H30N4/c1-7-9-14-15(17-10-8-2)18-11-19-16(14)20(6)13(5)12(3)4/h11-13H,7-10H2,1-6H3,(H,17,18,19). The van der Waals surface area contributed by atoms with E-state index in [0.717, 1.165) is 37.4 Å². The lowest BCUT2D eigenvalue weighted by molar-refractivity contribution is 0.501. The van der Waals surface area contributed by atoms with Crippen LogP contribution in [-0.4, -0.2) is 29.6 Å². The summed E-state index contributed by atoms with van der Waals surface area (Å²) in [5, 5.41) is 3.43. The van der Waals surface area contributed by atoms with Gasteiger partial charge in [-0.05, 0) is 25.7 Å². The molecular weight excluding hydrogens is 248 g/mol. The lowest BCUT2D eigenvalue weighted by Crippen LogP contribution is -2.34. The third kappa shape index (κ3) is 4.09. The summed E-state index contributed by atoms with van der Waals surface area (Å²) in [6.45, 7) is 12.1. The molecule has 0 aliphatic heterocycles. The fraction of sp³-hybridized carbons (Fsp3) is 0.750. The monoisotopic (exact) mass is 278 g/mol. The van der Waals surface area contributed by atoms with Gasteiger partial charge < -0.3 is 10.2 Å². The number of aromatic nitrogens is 2. The maximum atomic E-state index is 4.54. The van der Waals surface area contributed by atoms with E-state index in [1.54, 1.807) is 6.33 Å². The second kappa shape index (κ2) is 8.08. The molecule has 0 bridgehead atoms. The Morgan fingerprint density at radius 1 is 1.15 bits per heavy atom. The van der Waals surface area contributed by atoms with Gasteiger partial charge in [0.15, 0.2) is 0 Å². The van der Waals surface area contributed by atoms with Crippen LogP contribution in [0, 0.1) is 5.92 Å². The van der Waals surface area contributed by atoms with Crippen molar-refractivity contribution in [3.05, 3.63) is 11.9 Å². The summed E-state index contributed by atoms with van der Waals surface area (Å²) >= 11 is 0. The van der Waals surface area contributed by atoms with Crippen LogP contribution in [0.25, 0.3) is 0 Å². The van der Waals surface area contributed by atoms with Crippen LogP contribution in [0.2, 0.25) is 0 Å². The molecule has 0 aliphatic rings. The number of hydrogen-bond acceptors (Lipinski definition) is 4. The average Bonchev–Trinajstić information content (AvgIpc) is 2.44. The summed E-state index contributed by atoms with van der Waals surface area (Å²) in [5.74, 6) is 2.67. The van der Waals surface area contributed by atoms with Gasteiger partial charge in [-0.15, -0.1) is 0 Å². The Morgan fingerprint density at radius 2 is 1.85 bits per heavy atom. The maximum Gasteiger partial charge on any atom is 0.137 e. The molecule has 0 radical (unpaired) electrons. The molecule has 1 unspecified atom stereocenters. The molecule has 1 aromatic rings. The molecule has 0 saturated carbocycles. The van der Waals surface area contributed by atoms with Crippen LogP contribution in [0.15, 0.2) is 6.33 Å². The highest BCUT2D eigenvalue weighted by atomic mass is 15.2. The van der Waals surface area contributed by atoms with Crippen molar-refractivity contribution in [2.75, 3.05) is 23.8 Å². The van der Waals surface area contributed by atoms with E-state index < -0.39 is 0 Å². The summed E-state index contributed by atoms with van der Waals surface area (Å²) in [6.07, 6.45) is 4.89. The van der Waals surface area contributed by atoms with Crippen molar-refractivity contribution in [1.82, 2.24) is 9.97 Å². The van der Waals surface area contributed by atoms with Crippen molar-refractivity contribution in [3.63, 3.8) is 0 Å². The van der Waals surface area contributed by atoms with E-state index in [4.69, 9.17) is 0 Å². The van der Waals surface area contributed by atoms with Crippen LogP contribution >= 0.6 is 0 Å². The van der Waals surface area contributed by atoms with Gasteiger partial charge in [0.2, 0.25) is 0 Å². The Labute approximate surface area is 124 Å². The second-order valence-electron chi connectivity index (χ2n) is 5.80. The largest absolute Gasteiger partial charge is 0.370 e. The first kappa shape index (κ1) is 16.7. The lowest BCUT2D eigenvalue weighted by atomic mass is 10.0. The van der Waals surface area contributed by atoms with Crippen molar-refractivity contribution in [2.45, 2.75) is 59.9 Å². The first-order valence-electron chi connectivity index (χ1n) is 7.83. The molecule has 0 spiro atoms. The van der Waals surface area contributed by atoms with Crippen molar-refractivity contribution >= 4 is 11.6 Å². The molecular formula is C16H30N4. The molecule has 0 aromatic carbocycles. The number of rotatable bonds is 8. The van der Waals surface area contributed by atoms with Gasteiger partial charge in [-0.2, -0.15) is 0 Å². The molecule has 4 nitrogen and oxygen atoms in total. The van der Waals surface area contributed by atoms with Crippen molar-refractivity contribution in [3.8, 4) is 0 Å². The first-order chi connectivity index (χ1) is 9.52. The van der Waals surface area contributed by atoms with Gasteiger partial charge in [0.1, 0.15) is 18.0 Å². The highest BCUT2D eigenvalue weighted by Gasteiger charge is 2.19. The van der Waals surface area contributed by atoms with E-state index in [1.807, 2.05) is 0 Å². The van der Waals surface area contributed by atoms with Crippen LogP contribution in [0.1, 0.15) is 53.0 Å². The zero-order valence-electron chi connectivity index (χ0n) is 13.9. The Morgan fingerprint density at radius 3 is 2.40 bits per heavy atom. The van der Waals surface area contributed by atoms with Gasteiger partial charge in [0, 0.05) is 25.2 Å². The smallest absolute Gasteiger partial charge is 0.137 e. The van der Waals surface area contributed by atoms with E-state index >= 15 is 0 Å². The number of hydrogen-bond donors (Lipinski definition) is 1. The van der Waals surface area contributed by atoms with Gasteiger partial charge in [-0.25, -0.2) is 9.97 Å². The zero-order valence-corrected chi connectivity index (χ0v) is 13.9. The van der Waals surface area contributed by atoms with Crippen LogP contribution < -0.4 is 10.2 Å². The fourth-order valence-corrected chi connectivity index (χ4v) is 2.22. The van der Waals surface area contributed by atoms with Crippen molar-refractivity contribution in [1.29, 1.82) is 0 Å². The van der Waals surface area contributed by atoms with Crippen molar-refractivity contribution in [2.24, 2.45) is 5.92 Å². The highest BCUT2D eigenvalue weighted by Crippen LogP contribution is 2.27. The van der Waals surface area contributed by atoms with Crippen LogP contribution in [0.4, 0.5) is 11.6 Å². The summed E-state index contributed by atoms with van der Waals surface area (Å²) in [6, 6.07) is 0.458. The Balaban J connectivity index is 3.10. The van der Waals surface area contributed by atoms with Crippen LogP contribution in [0.5, 0.6) is 0 Å². The molecule has 1 rings (SSSR count). The summed E-state index contributed by atoms with van der Waals surface area (Å²) in [7, 11) is 2.13. The molecule has 1 aromatic heterocycles. The van der Waals surface area contributed by atoms with Gasteiger partial charge in [0.25, 0.3) is 0 Å². The minimum atomic E-state index is 0.458. The summed E-state index contributed by atoms with van der Waals surface area (Å²) in [5.41, 5.74) is 1.25. The number of nitrogens with zero attached hydrogens (tertiary/aromatic N) is 3. The summed E-state index contributed by atoms with van der Waals surface area (Å²) < 4.78 is 0. The molecule has 4 heteroatoms. The Bertz CT molecular complexity index is 403. The summed E-state index contributed by atoms with van der Waals surface area (Å²) in [4.78, 5) is 11.3. The van der Waals surface area contributed by atoms with Crippen molar-refractivity contribution < 1.29 is 0 Å². The van der Waals surface area contributed by atoms with E-state index in [0.29, 0.717) is 12.0 Å². The highest BCUT2D eigenvalue weighted by molar-refractivity contribution is 5.59. The van der Waals surface area contributed by atoms with Gasteiger partial charge in [-0.1, -0.05) is 34.1 Å². The van der Waals surface area contributed by atoms with Gasteiger partial charge in [-0.3, -0.25) is 0 Å². The van der Waals surface area contributed by atoms with E-state index in [9.17, 15) is 0 Å². The second-order valence-corrected chi connectivity index (χ2v) is 5.80. The Kier molecular flexibility index (Phi) is 6.76. The Hall–Kier alpha value is -1.32. The molecule has 1 N–H and O–H groups in total. The third-order valence-electron chi connectivity index (χ3n) is 3.87. The lowest BCUT2D eigenvalue weighted by Gasteiger charge is -2.31. The zero-order chi connectivity index (χ0) is 15.1. The number of anilines is 2. The van der Waals surface area contributed by atoms with Gasteiger partial charge in [0.05, 0.1) is 0 Å². The normalized spacial score (nSPS) is 12.6. The minimum absolute atomic E-state index is 0.458. The SMILES string of the molecule is CCCNc1ncnc(N(C)C(C)C(C)C)c1CCC. The van der Waals surface area contributed by atoms with E-state index in [-0.39, 0.29) is 0 Å². The molecule has 0 saturated heterocycles. The van der Waals surface area contributed by atoms with Crippen LogP contribution in [-0.2, 0) is 6.42 Å². The van der Waals surface area contributed by atoms with E-state index in [2.05, 4.69) is 61.9 Å². The molecule has 1 heterocycles. The fourth-order valence-electron chi connectivity index (χ4n) is 2.22. The molecule has 0 amide bonds. The topological polar surface area (TPSA) is 41.1 Å². The van der Waals surface area contributed by atoms with Gasteiger partial charge >= 0.3 is 0 Å². The molecule has 1 atom stereocenters. The predicted molar refractivity (Wildman–Crippen MR) is 87.5 cm³/mol. The molecule has 0 aliphatic carbocycles. The molecule has 114 valence electrons. The quantitative estimate of drug-likeness (QED) is 0.786. The molecule has 20 heavy (non-hydrogen) atoms. The number of nitrogens with one attached hydrogen (secondary N) is 1. The predicted octanol–water partition coefficient (Wildman–Crippen LogP) is 3.73. The average molecular weight is 278 g/mol.